The Balaban J connectivity index is 2.05. The molecular weight excluding hydrogens is 383 g/mol. The number of hydrogen-bond donors (Lipinski definition) is 2. The molecule has 0 saturated heterocycles. The normalized spacial score (nSPS) is 16.0. The molecule has 136 valence electrons. The van der Waals surface area contributed by atoms with Gasteiger partial charge in [0, 0.05) is 26.2 Å². The first-order chi connectivity index (χ1) is 12.2. The second-order valence-corrected chi connectivity index (χ2v) is 6.71. The van der Waals surface area contributed by atoms with Gasteiger partial charge in [0.25, 0.3) is 5.56 Å². The number of fused-ring (bicyclic) bond motifs is 1. The first-order valence-corrected chi connectivity index (χ1v) is 8.32. The van der Waals surface area contributed by atoms with Crippen molar-refractivity contribution in [3.63, 3.8) is 0 Å². The Kier molecular flexibility index (Phi) is 4.64. The summed E-state index contributed by atoms with van der Waals surface area (Å²) in [7, 11) is 2.73. The number of nitrogens with one attached hydrogen (secondary N) is 2. The van der Waals surface area contributed by atoms with Crippen LogP contribution in [0.5, 0.6) is 0 Å². The molecule has 2 amide bonds. The van der Waals surface area contributed by atoms with Crippen LogP contribution in [0, 0.1) is 0 Å². The Morgan fingerprint density at radius 1 is 1.15 bits per heavy atom. The minimum atomic E-state index is -1.04. The number of carbonyl (C=O) groups excluding carboxylic acids is 2. The number of carbonyl (C=O) groups is 2. The van der Waals surface area contributed by atoms with E-state index in [4.69, 9.17) is 23.2 Å². The van der Waals surface area contributed by atoms with Gasteiger partial charge in [-0.1, -0.05) is 23.2 Å². The number of halogens is 2. The molecule has 26 heavy (non-hydrogen) atoms. The molecule has 0 saturated carbocycles. The Morgan fingerprint density at radius 3 is 2.50 bits per heavy atom. The van der Waals surface area contributed by atoms with Crippen molar-refractivity contribution in [1.29, 1.82) is 0 Å². The van der Waals surface area contributed by atoms with Crippen LogP contribution in [0.4, 0.5) is 11.5 Å². The number of amides is 2. The maximum Gasteiger partial charge on any atom is 0.332 e. The standard InChI is InChI=1S/C16H14Cl2N4O4/c1-21-13-12(15(25)22(2)16(21)26)8(6-11(23)20-13)14(24)19-7-3-4-9(17)10(18)5-7/h3-5,8H,6H2,1-2H3,(H,19,24)(H,20,23)/t8-/m0/s1. The Bertz CT molecular complexity index is 1060. The lowest BCUT2D eigenvalue weighted by Crippen LogP contribution is -2.45. The van der Waals surface area contributed by atoms with Crippen LogP contribution in [0.25, 0.3) is 0 Å². The molecule has 0 fully saturated rings. The molecule has 2 aromatic rings. The summed E-state index contributed by atoms with van der Waals surface area (Å²) in [5, 5.41) is 5.70. The van der Waals surface area contributed by atoms with E-state index in [9.17, 15) is 19.2 Å². The SMILES string of the molecule is Cn1c2c(c(=O)n(C)c1=O)[C@@H](C(=O)Nc1ccc(Cl)c(Cl)c1)CC(=O)N2. The smallest absolute Gasteiger partial charge is 0.325 e. The number of anilines is 2. The van der Waals surface area contributed by atoms with Crippen LogP contribution in [0.1, 0.15) is 17.9 Å². The third-order valence-corrected chi connectivity index (χ3v) is 4.94. The summed E-state index contributed by atoms with van der Waals surface area (Å²) in [5.74, 6) is -2.03. The molecule has 1 atom stereocenters. The lowest BCUT2D eigenvalue weighted by molar-refractivity contribution is -0.123. The largest absolute Gasteiger partial charge is 0.332 e. The highest BCUT2D eigenvalue weighted by Crippen LogP contribution is 2.30. The van der Waals surface area contributed by atoms with Crippen molar-refractivity contribution in [3.05, 3.63) is 54.6 Å². The van der Waals surface area contributed by atoms with Gasteiger partial charge in [-0.15, -0.1) is 0 Å². The highest BCUT2D eigenvalue weighted by atomic mass is 35.5. The predicted octanol–water partition coefficient (Wildman–Crippen LogP) is 1.46. The molecule has 3 rings (SSSR count). The minimum Gasteiger partial charge on any atom is -0.325 e. The average Bonchev–Trinajstić information content (AvgIpc) is 2.60. The summed E-state index contributed by atoms with van der Waals surface area (Å²) >= 11 is 11.8. The van der Waals surface area contributed by atoms with Crippen molar-refractivity contribution in [2.24, 2.45) is 14.1 Å². The average molecular weight is 397 g/mol. The Morgan fingerprint density at radius 2 is 1.85 bits per heavy atom. The van der Waals surface area contributed by atoms with Crippen LogP contribution in [-0.4, -0.2) is 20.9 Å². The van der Waals surface area contributed by atoms with Gasteiger partial charge in [-0.2, -0.15) is 0 Å². The van der Waals surface area contributed by atoms with Crippen molar-refractivity contribution < 1.29 is 9.59 Å². The molecule has 0 spiro atoms. The highest BCUT2D eigenvalue weighted by molar-refractivity contribution is 6.42. The molecule has 0 aliphatic carbocycles. The molecule has 1 aliphatic heterocycles. The van der Waals surface area contributed by atoms with Crippen molar-refractivity contribution >= 4 is 46.5 Å². The molecule has 0 radical (unpaired) electrons. The Labute approximate surface area is 157 Å². The second-order valence-electron chi connectivity index (χ2n) is 5.89. The minimum absolute atomic E-state index is 0.0311. The number of nitrogens with zero attached hydrogens (tertiary/aromatic N) is 2. The van der Waals surface area contributed by atoms with Crippen molar-refractivity contribution in [2.75, 3.05) is 10.6 Å². The number of rotatable bonds is 2. The zero-order valence-corrected chi connectivity index (χ0v) is 15.3. The van der Waals surface area contributed by atoms with E-state index in [1.54, 1.807) is 6.07 Å². The third kappa shape index (κ3) is 3.02. The lowest BCUT2D eigenvalue weighted by Gasteiger charge is -2.26. The van der Waals surface area contributed by atoms with Gasteiger partial charge >= 0.3 is 5.69 Å². The van der Waals surface area contributed by atoms with E-state index >= 15 is 0 Å². The summed E-state index contributed by atoms with van der Waals surface area (Å²) in [6.07, 6.45) is -0.215. The quantitative estimate of drug-likeness (QED) is 0.801. The van der Waals surface area contributed by atoms with Gasteiger partial charge in [-0.25, -0.2) is 4.79 Å². The van der Waals surface area contributed by atoms with Gasteiger partial charge in [0.2, 0.25) is 11.8 Å². The summed E-state index contributed by atoms with van der Waals surface area (Å²) < 4.78 is 2.03. The highest BCUT2D eigenvalue weighted by Gasteiger charge is 2.35. The molecule has 10 heteroatoms. The molecule has 1 aromatic carbocycles. The van der Waals surface area contributed by atoms with Crippen LogP contribution in [0.2, 0.25) is 10.0 Å². The van der Waals surface area contributed by atoms with Crippen LogP contribution in [0.3, 0.4) is 0 Å². The van der Waals surface area contributed by atoms with Crippen molar-refractivity contribution in [3.8, 4) is 0 Å². The fourth-order valence-corrected chi connectivity index (χ4v) is 3.13. The molecular formula is C16H14Cl2N4O4. The fourth-order valence-electron chi connectivity index (χ4n) is 2.83. The molecule has 1 aromatic heterocycles. The monoisotopic (exact) mass is 396 g/mol. The van der Waals surface area contributed by atoms with Crippen molar-refractivity contribution in [1.82, 2.24) is 9.13 Å². The molecule has 0 bridgehead atoms. The van der Waals surface area contributed by atoms with Crippen LogP contribution < -0.4 is 21.9 Å². The van der Waals surface area contributed by atoms with Gasteiger partial charge in [0.15, 0.2) is 0 Å². The molecule has 8 nitrogen and oxygen atoms in total. The van der Waals surface area contributed by atoms with Crippen LogP contribution in [0.15, 0.2) is 27.8 Å². The first-order valence-electron chi connectivity index (χ1n) is 7.56. The van der Waals surface area contributed by atoms with E-state index < -0.39 is 29.0 Å². The van der Waals surface area contributed by atoms with Crippen LogP contribution in [-0.2, 0) is 23.7 Å². The third-order valence-electron chi connectivity index (χ3n) is 4.20. The summed E-state index contributed by atoms with van der Waals surface area (Å²) in [5.41, 5.74) is -0.790. The van der Waals surface area contributed by atoms with Crippen molar-refractivity contribution in [2.45, 2.75) is 12.3 Å². The number of aromatic nitrogens is 2. The fraction of sp³-hybridized carbons (Fsp3) is 0.250. The maximum absolute atomic E-state index is 12.7. The van der Waals surface area contributed by atoms with E-state index in [0.717, 1.165) is 9.13 Å². The summed E-state index contributed by atoms with van der Waals surface area (Å²) in [6.45, 7) is 0. The lowest BCUT2D eigenvalue weighted by atomic mass is 9.92. The van der Waals surface area contributed by atoms with E-state index in [0.29, 0.717) is 10.7 Å². The number of hydrogen-bond acceptors (Lipinski definition) is 4. The van der Waals surface area contributed by atoms with Gasteiger partial charge in [0.1, 0.15) is 5.82 Å². The first kappa shape index (κ1) is 18.2. The predicted molar refractivity (Wildman–Crippen MR) is 98.0 cm³/mol. The second kappa shape index (κ2) is 6.62. The number of benzene rings is 1. The van der Waals surface area contributed by atoms with Gasteiger partial charge in [-0.3, -0.25) is 23.5 Å². The van der Waals surface area contributed by atoms with Crippen LogP contribution >= 0.6 is 23.2 Å². The van der Waals surface area contributed by atoms with Gasteiger partial charge < -0.3 is 10.6 Å². The molecule has 0 unspecified atom stereocenters. The molecule has 2 N–H and O–H groups in total. The van der Waals surface area contributed by atoms with Gasteiger partial charge in [0.05, 0.1) is 21.5 Å². The summed E-state index contributed by atoms with van der Waals surface area (Å²) in [6, 6.07) is 4.53. The summed E-state index contributed by atoms with van der Waals surface area (Å²) in [4.78, 5) is 49.3. The van der Waals surface area contributed by atoms with E-state index in [2.05, 4.69) is 10.6 Å². The van der Waals surface area contributed by atoms with E-state index in [-0.39, 0.29) is 22.8 Å². The maximum atomic E-state index is 12.7. The zero-order chi connectivity index (χ0) is 19.2. The molecule has 1 aliphatic rings. The van der Waals surface area contributed by atoms with Gasteiger partial charge in [-0.05, 0) is 18.2 Å². The Hall–Kier alpha value is -2.58. The van der Waals surface area contributed by atoms with E-state index in [1.807, 2.05) is 0 Å². The van der Waals surface area contributed by atoms with E-state index in [1.165, 1.54) is 26.2 Å². The zero-order valence-electron chi connectivity index (χ0n) is 13.8. The molecule has 2 heterocycles. The topological polar surface area (TPSA) is 102 Å².